The Kier molecular flexibility index (Phi) is 5.98. The SMILES string of the molecule is COc1ccc(OCCN(C)C(=O)c2ccc(NC3CC3)c([N+](=O)[O-])c2)cc1. The second-order valence-corrected chi connectivity index (χ2v) is 6.66. The molecule has 3 rings (SSSR count). The van der Waals surface area contributed by atoms with Gasteiger partial charge in [-0.05, 0) is 49.2 Å². The molecular weight excluding hydrogens is 362 g/mol. The summed E-state index contributed by atoms with van der Waals surface area (Å²) in [6.45, 7) is 0.652. The summed E-state index contributed by atoms with van der Waals surface area (Å²) in [5.74, 6) is 1.12. The predicted octanol–water partition coefficient (Wildman–Crippen LogP) is 3.33. The van der Waals surface area contributed by atoms with Crippen LogP contribution in [0.5, 0.6) is 11.5 Å². The van der Waals surface area contributed by atoms with Gasteiger partial charge in [-0.25, -0.2) is 0 Å². The molecule has 8 nitrogen and oxygen atoms in total. The molecule has 1 aliphatic rings. The lowest BCUT2D eigenvalue weighted by Crippen LogP contribution is -2.31. The monoisotopic (exact) mass is 385 g/mol. The number of rotatable bonds is 9. The van der Waals surface area contributed by atoms with Crippen molar-refractivity contribution in [2.45, 2.75) is 18.9 Å². The molecule has 0 bridgehead atoms. The van der Waals surface area contributed by atoms with Crippen LogP contribution in [0.4, 0.5) is 11.4 Å². The highest BCUT2D eigenvalue weighted by Crippen LogP contribution is 2.31. The lowest BCUT2D eigenvalue weighted by molar-refractivity contribution is -0.384. The molecule has 0 saturated heterocycles. The first-order valence-corrected chi connectivity index (χ1v) is 9.05. The molecule has 1 saturated carbocycles. The molecule has 28 heavy (non-hydrogen) atoms. The minimum atomic E-state index is -0.464. The molecule has 8 heteroatoms. The quantitative estimate of drug-likeness (QED) is 0.526. The van der Waals surface area contributed by atoms with Crippen LogP contribution in [0.1, 0.15) is 23.2 Å². The Morgan fingerprint density at radius 3 is 2.50 bits per heavy atom. The smallest absolute Gasteiger partial charge is 0.293 e. The van der Waals surface area contributed by atoms with Crippen LogP contribution in [0.2, 0.25) is 0 Å². The average molecular weight is 385 g/mol. The number of carbonyl (C=O) groups excluding carboxylic acids is 1. The van der Waals surface area contributed by atoms with Crippen molar-refractivity contribution in [3.05, 3.63) is 58.1 Å². The van der Waals surface area contributed by atoms with Crippen LogP contribution in [0, 0.1) is 10.1 Å². The van der Waals surface area contributed by atoms with Crippen molar-refractivity contribution in [1.29, 1.82) is 0 Å². The van der Waals surface area contributed by atoms with Crippen LogP contribution in [0.15, 0.2) is 42.5 Å². The van der Waals surface area contributed by atoms with Crippen molar-refractivity contribution in [3.8, 4) is 11.5 Å². The second kappa shape index (κ2) is 8.60. The summed E-state index contributed by atoms with van der Waals surface area (Å²) in [6, 6.07) is 12.0. The summed E-state index contributed by atoms with van der Waals surface area (Å²) in [5.41, 5.74) is 0.648. The number of likely N-dealkylation sites (N-methyl/N-ethyl adjacent to an activating group) is 1. The van der Waals surface area contributed by atoms with Gasteiger partial charge in [-0.3, -0.25) is 14.9 Å². The van der Waals surface area contributed by atoms with Crippen LogP contribution < -0.4 is 14.8 Å². The number of nitrogens with one attached hydrogen (secondary N) is 1. The molecule has 2 aromatic rings. The number of nitro benzene ring substituents is 1. The minimum Gasteiger partial charge on any atom is -0.497 e. The van der Waals surface area contributed by atoms with E-state index in [2.05, 4.69) is 5.32 Å². The van der Waals surface area contributed by atoms with Gasteiger partial charge in [0.15, 0.2) is 0 Å². The normalized spacial score (nSPS) is 12.9. The van der Waals surface area contributed by atoms with E-state index in [1.807, 2.05) is 0 Å². The zero-order valence-electron chi connectivity index (χ0n) is 15.9. The molecule has 2 aromatic carbocycles. The van der Waals surface area contributed by atoms with Gasteiger partial charge in [-0.15, -0.1) is 0 Å². The first kappa shape index (κ1) is 19.5. The van der Waals surface area contributed by atoms with E-state index in [0.29, 0.717) is 24.6 Å². The summed E-state index contributed by atoms with van der Waals surface area (Å²) < 4.78 is 10.7. The fourth-order valence-electron chi connectivity index (χ4n) is 2.68. The van der Waals surface area contributed by atoms with Crippen molar-refractivity contribution < 1.29 is 19.2 Å². The summed E-state index contributed by atoms with van der Waals surface area (Å²) in [7, 11) is 3.23. The number of amides is 1. The van der Waals surface area contributed by atoms with E-state index >= 15 is 0 Å². The summed E-state index contributed by atoms with van der Waals surface area (Å²) >= 11 is 0. The fraction of sp³-hybridized carbons (Fsp3) is 0.350. The van der Waals surface area contributed by atoms with Crippen LogP contribution in [-0.4, -0.2) is 49.1 Å². The fourth-order valence-corrected chi connectivity index (χ4v) is 2.68. The van der Waals surface area contributed by atoms with Crippen molar-refractivity contribution in [2.24, 2.45) is 0 Å². The number of carbonyl (C=O) groups is 1. The van der Waals surface area contributed by atoms with Crippen molar-refractivity contribution in [3.63, 3.8) is 0 Å². The van der Waals surface area contributed by atoms with Gasteiger partial charge < -0.3 is 19.7 Å². The molecule has 0 heterocycles. The highest BCUT2D eigenvalue weighted by molar-refractivity contribution is 5.95. The van der Waals surface area contributed by atoms with Crippen molar-refractivity contribution >= 4 is 17.3 Å². The Hall–Kier alpha value is -3.29. The lowest BCUT2D eigenvalue weighted by Gasteiger charge is -2.18. The van der Waals surface area contributed by atoms with Gasteiger partial charge in [0.05, 0.1) is 18.6 Å². The number of nitro groups is 1. The van der Waals surface area contributed by atoms with E-state index in [4.69, 9.17) is 9.47 Å². The van der Waals surface area contributed by atoms with Gasteiger partial charge in [0.1, 0.15) is 23.8 Å². The van der Waals surface area contributed by atoms with Gasteiger partial charge in [-0.2, -0.15) is 0 Å². The zero-order valence-corrected chi connectivity index (χ0v) is 15.9. The molecule has 1 aliphatic carbocycles. The number of nitrogens with zero attached hydrogens (tertiary/aromatic N) is 2. The number of hydrogen-bond donors (Lipinski definition) is 1. The van der Waals surface area contributed by atoms with Gasteiger partial charge in [0.25, 0.3) is 11.6 Å². The van der Waals surface area contributed by atoms with E-state index in [0.717, 1.165) is 18.6 Å². The standard InChI is InChI=1S/C20H23N3O5/c1-22(11-12-28-17-8-6-16(27-2)7-9-17)20(24)14-3-10-18(21-15-4-5-15)19(13-14)23(25)26/h3,6-10,13,15,21H,4-5,11-12H2,1-2H3. The minimum absolute atomic E-state index is 0.0827. The lowest BCUT2D eigenvalue weighted by atomic mass is 10.1. The van der Waals surface area contributed by atoms with Gasteiger partial charge in [0, 0.05) is 24.7 Å². The first-order chi connectivity index (χ1) is 13.5. The maximum Gasteiger partial charge on any atom is 0.293 e. The molecule has 1 amide bonds. The van der Waals surface area contributed by atoms with E-state index in [9.17, 15) is 14.9 Å². The van der Waals surface area contributed by atoms with Crippen LogP contribution in [0.3, 0.4) is 0 Å². The van der Waals surface area contributed by atoms with E-state index < -0.39 is 4.92 Å². The van der Waals surface area contributed by atoms with Crippen molar-refractivity contribution in [1.82, 2.24) is 4.90 Å². The molecule has 0 spiro atoms. The average Bonchev–Trinajstić information content (AvgIpc) is 3.52. The molecule has 0 unspecified atom stereocenters. The Bertz CT molecular complexity index is 849. The Morgan fingerprint density at radius 1 is 1.21 bits per heavy atom. The maximum absolute atomic E-state index is 12.6. The maximum atomic E-state index is 12.6. The molecule has 0 atom stereocenters. The number of ether oxygens (including phenoxy) is 2. The summed E-state index contributed by atoms with van der Waals surface area (Å²) in [4.78, 5) is 25.0. The van der Waals surface area contributed by atoms with E-state index in [1.54, 1.807) is 50.6 Å². The molecule has 0 aromatic heterocycles. The highest BCUT2D eigenvalue weighted by atomic mass is 16.6. The largest absolute Gasteiger partial charge is 0.497 e. The number of hydrogen-bond acceptors (Lipinski definition) is 6. The Balaban J connectivity index is 1.58. The van der Waals surface area contributed by atoms with E-state index in [1.165, 1.54) is 11.0 Å². The summed E-state index contributed by atoms with van der Waals surface area (Å²) in [6.07, 6.45) is 2.02. The predicted molar refractivity (Wildman–Crippen MR) is 105 cm³/mol. The third kappa shape index (κ3) is 4.91. The van der Waals surface area contributed by atoms with Gasteiger partial charge >= 0.3 is 0 Å². The van der Waals surface area contributed by atoms with Gasteiger partial charge in [-0.1, -0.05) is 0 Å². The highest BCUT2D eigenvalue weighted by Gasteiger charge is 2.26. The second-order valence-electron chi connectivity index (χ2n) is 6.66. The van der Waals surface area contributed by atoms with Crippen LogP contribution in [0.25, 0.3) is 0 Å². The zero-order chi connectivity index (χ0) is 20.1. The van der Waals surface area contributed by atoms with Gasteiger partial charge in [0.2, 0.25) is 0 Å². The molecule has 0 aliphatic heterocycles. The number of methoxy groups -OCH3 is 1. The molecule has 148 valence electrons. The Labute approximate surface area is 163 Å². The topological polar surface area (TPSA) is 93.9 Å². The Morgan fingerprint density at radius 2 is 1.89 bits per heavy atom. The first-order valence-electron chi connectivity index (χ1n) is 9.05. The van der Waals surface area contributed by atoms with Crippen LogP contribution in [-0.2, 0) is 0 Å². The molecule has 1 fully saturated rings. The molecule has 1 N–H and O–H groups in total. The van der Waals surface area contributed by atoms with Crippen molar-refractivity contribution in [2.75, 3.05) is 32.6 Å². The van der Waals surface area contributed by atoms with Crippen LogP contribution >= 0.6 is 0 Å². The number of anilines is 1. The summed E-state index contributed by atoms with van der Waals surface area (Å²) in [5, 5.41) is 14.5. The molecule has 0 radical (unpaired) electrons. The number of benzene rings is 2. The molecular formula is C20H23N3O5. The van der Waals surface area contributed by atoms with E-state index in [-0.39, 0.29) is 23.2 Å². The third-order valence-corrected chi connectivity index (χ3v) is 4.48. The third-order valence-electron chi connectivity index (χ3n) is 4.48.